The summed E-state index contributed by atoms with van der Waals surface area (Å²) in [5.74, 6) is 6.97. The number of aromatic nitrogens is 3. The van der Waals surface area contributed by atoms with Gasteiger partial charge in [-0.15, -0.1) is 10.2 Å². The van der Waals surface area contributed by atoms with Crippen LogP contribution in [-0.2, 0) is 11.4 Å². The first kappa shape index (κ1) is 18.5. The molecule has 1 saturated heterocycles. The first-order valence-electron chi connectivity index (χ1n) is 8.54. The Morgan fingerprint density at radius 3 is 2.85 bits per heavy atom. The van der Waals surface area contributed by atoms with E-state index in [2.05, 4.69) is 17.1 Å². The van der Waals surface area contributed by atoms with Crippen molar-refractivity contribution in [1.29, 1.82) is 0 Å². The summed E-state index contributed by atoms with van der Waals surface area (Å²) in [4.78, 5) is 14.3. The van der Waals surface area contributed by atoms with Gasteiger partial charge in [0, 0.05) is 12.6 Å². The Morgan fingerprint density at radius 1 is 1.35 bits per heavy atom. The number of nitrogen functional groups attached to an aromatic ring is 1. The van der Waals surface area contributed by atoms with E-state index in [9.17, 15) is 9.18 Å². The zero-order chi connectivity index (χ0) is 18.5. The number of piperidine rings is 1. The van der Waals surface area contributed by atoms with Crippen molar-refractivity contribution in [2.24, 2.45) is 0 Å². The van der Waals surface area contributed by atoms with Crippen LogP contribution in [0.25, 0.3) is 0 Å². The highest BCUT2D eigenvalue weighted by Crippen LogP contribution is 2.21. The van der Waals surface area contributed by atoms with Crippen LogP contribution >= 0.6 is 11.8 Å². The third kappa shape index (κ3) is 4.46. The fraction of sp³-hybridized carbons (Fsp3) is 0.471. The summed E-state index contributed by atoms with van der Waals surface area (Å²) in [6, 6.07) is 5.97. The molecule has 1 aliphatic rings. The molecule has 1 unspecified atom stereocenters. The van der Waals surface area contributed by atoms with Crippen LogP contribution in [0.4, 0.5) is 4.39 Å². The Kier molecular flexibility index (Phi) is 5.97. The van der Waals surface area contributed by atoms with Gasteiger partial charge in [0.1, 0.15) is 18.2 Å². The van der Waals surface area contributed by atoms with Crippen molar-refractivity contribution < 1.29 is 13.9 Å². The normalized spacial score (nSPS) is 17.3. The first-order valence-corrected chi connectivity index (χ1v) is 9.53. The molecule has 26 heavy (non-hydrogen) atoms. The van der Waals surface area contributed by atoms with Gasteiger partial charge in [0.05, 0.1) is 5.75 Å². The Labute approximate surface area is 155 Å². The molecule has 1 aromatic carbocycles. The van der Waals surface area contributed by atoms with E-state index in [0.717, 1.165) is 19.4 Å². The number of nitrogens with zero attached hydrogens (tertiary/aromatic N) is 4. The average Bonchev–Trinajstić information content (AvgIpc) is 2.99. The van der Waals surface area contributed by atoms with Crippen molar-refractivity contribution in [3.05, 3.63) is 35.9 Å². The number of likely N-dealkylation sites (tertiary alicyclic amines) is 1. The van der Waals surface area contributed by atoms with Gasteiger partial charge in [-0.05, 0) is 50.5 Å². The van der Waals surface area contributed by atoms with Crippen LogP contribution in [-0.4, -0.2) is 44.0 Å². The number of amides is 1. The number of carbonyl (C=O) groups excluding carboxylic acids is 1. The summed E-state index contributed by atoms with van der Waals surface area (Å²) < 4.78 is 19.7. The zero-order valence-corrected chi connectivity index (χ0v) is 15.4. The average molecular weight is 379 g/mol. The number of hydrogen-bond acceptors (Lipinski definition) is 6. The van der Waals surface area contributed by atoms with Crippen molar-refractivity contribution in [3.8, 4) is 5.75 Å². The number of thioether (sulfide) groups is 1. The molecule has 2 N–H and O–H groups in total. The first-order chi connectivity index (χ1) is 12.5. The number of carbonyl (C=O) groups is 1. The predicted octanol–water partition coefficient (Wildman–Crippen LogP) is 2.20. The van der Waals surface area contributed by atoms with Crippen LogP contribution < -0.4 is 10.6 Å². The second-order valence-corrected chi connectivity index (χ2v) is 7.17. The largest absolute Gasteiger partial charge is 0.486 e. The molecule has 0 spiro atoms. The lowest BCUT2D eigenvalue weighted by Gasteiger charge is -2.33. The molecule has 1 fully saturated rings. The van der Waals surface area contributed by atoms with Crippen LogP contribution in [0, 0.1) is 5.82 Å². The van der Waals surface area contributed by atoms with Gasteiger partial charge < -0.3 is 15.5 Å². The number of ether oxygens (including phenoxy) is 1. The lowest BCUT2D eigenvalue weighted by molar-refractivity contribution is -0.131. The standard InChI is InChI=1S/C17H22FN5O2S/c1-12-4-2-3-9-22(12)16(24)11-26-17-21-20-15(23(17)19)10-25-14-7-5-13(18)6-8-14/h5-8,12H,2-4,9-11,19H2,1H3. The maximum Gasteiger partial charge on any atom is 0.233 e. The molecular weight excluding hydrogens is 357 g/mol. The van der Waals surface area contributed by atoms with Crippen molar-refractivity contribution in [2.75, 3.05) is 18.1 Å². The minimum Gasteiger partial charge on any atom is -0.486 e. The smallest absolute Gasteiger partial charge is 0.233 e. The van der Waals surface area contributed by atoms with Crippen LogP contribution in [0.2, 0.25) is 0 Å². The molecule has 140 valence electrons. The molecule has 2 aromatic rings. The van der Waals surface area contributed by atoms with Gasteiger partial charge in [-0.1, -0.05) is 11.8 Å². The highest BCUT2D eigenvalue weighted by Gasteiger charge is 2.23. The Hall–Kier alpha value is -2.29. The van der Waals surface area contributed by atoms with Crippen molar-refractivity contribution in [2.45, 2.75) is 44.0 Å². The number of hydrogen-bond donors (Lipinski definition) is 1. The van der Waals surface area contributed by atoms with Crippen molar-refractivity contribution in [3.63, 3.8) is 0 Å². The summed E-state index contributed by atoms with van der Waals surface area (Å²) in [5, 5.41) is 8.47. The summed E-state index contributed by atoms with van der Waals surface area (Å²) in [7, 11) is 0. The Balaban J connectivity index is 1.53. The van der Waals surface area contributed by atoms with Gasteiger partial charge in [0.2, 0.25) is 11.1 Å². The molecule has 0 bridgehead atoms. The molecule has 1 atom stereocenters. The summed E-state index contributed by atoms with van der Waals surface area (Å²) in [5.41, 5.74) is 0. The highest BCUT2D eigenvalue weighted by atomic mass is 32.2. The molecule has 1 aromatic heterocycles. The molecule has 9 heteroatoms. The fourth-order valence-electron chi connectivity index (χ4n) is 2.86. The summed E-state index contributed by atoms with van der Waals surface area (Å²) in [6.45, 7) is 3.00. The number of halogens is 1. The van der Waals surface area contributed by atoms with Gasteiger partial charge >= 0.3 is 0 Å². The molecule has 0 saturated carbocycles. The molecule has 0 aliphatic carbocycles. The Morgan fingerprint density at radius 2 is 2.12 bits per heavy atom. The minimum atomic E-state index is -0.328. The van der Waals surface area contributed by atoms with E-state index in [1.165, 1.54) is 47.1 Å². The zero-order valence-electron chi connectivity index (χ0n) is 14.6. The van der Waals surface area contributed by atoms with Gasteiger partial charge in [-0.2, -0.15) is 0 Å². The predicted molar refractivity (Wildman–Crippen MR) is 96.7 cm³/mol. The van der Waals surface area contributed by atoms with E-state index in [1.54, 1.807) is 0 Å². The van der Waals surface area contributed by atoms with Crippen LogP contribution in [0.15, 0.2) is 29.4 Å². The van der Waals surface area contributed by atoms with E-state index in [0.29, 0.717) is 16.7 Å². The van der Waals surface area contributed by atoms with Crippen molar-refractivity contribution >= 4 is 17.7 Å². The third-order valence-electron chi connectivity index (χ3n) is 4.36. The maximum atomic E-state index is 12.9. The number of nitrogens with two attached hydrogens (primary N) is 1. The van der Waals surface area contributed by atoms with Crippen LogP contribution in [0.5, 0.6) is 5.75 Å². The van der Waals surface area contributed by atoms with Crippen LogP contribution in [0.3, 0.4) is 0 Å². The topological polar surface area (TPSA) is 86.3 Å². The molecular formula is C17H22FN5O2S. The lowest BCUT2D eigenvalue weighted by Crippen LogP contribution is -2.43. The van der Waals surface area contributed by atoms with E-state index in [1.807, 2.05) is 4.90 Å². The third-order valence-corrected chi connectivity index (χ3v) is 5.29. The van der Waals surface area contributed by atoms with E-state index in [4.69, 9.17) is 10.6 Å². The monoisotopic (exact) mass is 379 g/mol. The van der Waals surface area contributed by atoms with Gasteiger partial charge in [0.15, 0.2) is 5.82 Å². The molecule has 7 nitrogen and oxygen atoms in total. The second kappa shape index (κ2) is 8.39. The van der Waals surface area contributed by atoms with Gasteiger partial charge in [-0.3, -0.25) is 4.79 Å². The SMILES string of the molecule is CC1CCCCN1C(=O)CSc1nnc(COc2ccc(F)cc2)n1N. The molecule has 1 amide bonds. The Bertz CT molecular complexity index is 752. The van der Waals surface area contributed by atoms with Gasteiger partial charge in [0.25, 0.3) is 0 Å². The van der Waals surface area contributed by atoms with E-state index in [-0.39, 0.29) is 30.1 Å². The maximum absolute atomic E-state index is 12.9. The molecule has 3 rings (SSSR count). The summed E-state index contributed by atoms with van der Waals surface area (Å²) in [6.07, 6.45) is 3.28. The molecule has 1 aliphatic heterocycles. The molecule has 0 radical (unpaired) electrons. The fourth-order valence-corrected chi connectivity index (χ4v) is 3.62. The quantitative estimate of drug-likeness (QED) is 0.612. The van der Waals surface area contributed by atoms with E-state index >= 15 is 0 Å². The number of benzene rings is 1. The highest BCUT2D eigenvalue weighted by molar-refractivity contribution is 7.99. The minimum absolute atomic E-state index is 0.0920. The van der Waals surface area contributed by atoms with E-state index < -0.39 is 0 Å². The second-order valence-electron chi connectivity index (χ2n) is 6.23. The van der Waals surface area contributed by atoms with Gasteiger partial charge in [-0.25, -0.2) is 9.07 Å². The summed E-state index contributed by atoms with van der Waals surface area (Å²) >= 11 is 1.26. The van der Waals surface area contributed by atoms with Crippen LogP contribution in [0.1, 0.15) is 32.0 Å². The molecule has 2 heterocycles. The lowest BCUT2D eigenvalue weighted by atomic mass is 10.0. The number of rotatable bonds is 6. The van der Waals surface area contributed by atoms with Crippen molar-refractivity contribution in [1.82, 2.24) is 19.8 Å².